The molecule has 0 aliphatic heterocycles. The standard InChI is InChI=1S/C34H28O14/c35-29(36)20-4-1-7-25(11-20)45-16-34(17-46-26-8-2-5-21(12-26)30(37)38,18-47-27-9-3-6-22(13-27)31(39)40)19-48-28-14-23(32(41)42)10-24(15-28)33(43)44/h1-15H,16-19H2,(H,35,36)(H,37,38)(H,39,40)(H,41,42)(H,43,44). The van der Waals surface area contributed by atoms with E-state index in [-0.39, 0.29) is 77.2 Å². The van der Waals surface area contributed by atoms with Gasteiger partial charge in [-0.1, -0.05) is 18.2 Å². The minimum absolute atomic E-state index is 0.0653. The molecule has 248 valence electrons. The summed E-state index contributed by atoms with van der Waals surface area (Å²) in [5.41, 5.74) is -2.31. The largest absolute Gasteiger partial charge is 0.493 e. The molecular weight excluding hydrogens is 632 g/mol. The third kappa shape index (κ3) is 9.23. The Balaban J connectivity index is 1.74. The lowest BCUT2D eigenvalue weighted by molar-refractivity contribution is -0.00370. The number of benzene rings is 4. The zero-order valence-electron chi connectivity index (χ0n) is 24.9. The molecular formula is C34H28O14. The third-order valence-electron chi connectivity index (χ3n) is 6.82. The predicted molar refractivity (Wildman–Crippen MR) is 165 cm³/mol. The molecule has 0 aliphatic rings. The van der Waals surface area contributed by atoms with E-state index in [0.717, 1.165) is 18.2 Å². The summed E-state index contributed by atoms with van der Waals surface area (Å²) < 4.78 is 23.9. The fourth-order valence-electron chi connectivity index (χ4n) is 4.28. The van der Waals surface area contributed by atoms with Gasteiger partial charge in [0.15, 0.2) is 0 Å². The van der Waals surface area contributed by atoms with Crippen LogP contribution in [0.25, 0.3) is 0 Å². The first kappa shape index (κ1) is 34.3. The van der Waals surface area contributed by atoms with Gasteiger partial charge in [0.2, 0.25) is 0 Å². The topological polar surface area (TPSA) is 223 Å². The lowest BCUT2D eigenvalue weighted by Gasteiger charge is -2.33. The quantitative estimate of drug-likeness (QED) is 0.103. The van der Waals surface area contributed by atoms with Crippen LogP contribution in [0.4, 0.5) is 0 Å². The van der Waals surface area contributed by atoms with Gasteiger partial charge in [-0.2, -0.15) is 0 Å². The highest BCUT2D eigenvalue weighted by atomic mass is 16.5. The average molecular weight is 661 g/mol. The summed E-state index contributed by atoms with van der Waals surface area (Å²) in [6, 6.07) is 20.0. The summed E-state index contributed by atoms with van der Waals surface area (Å²) in [6.45, 7) is -1.31. The van der Waals surface area contributed by atoms with Gasteiger partial charge in [0.05, 0.1) is 27.8 Å². The summed E-state index contributed by atoms with van der Waals surface area (Å²) in [6.07, 6.45) is 0. The summed E-state index contributed by atoms with van der Waals surface area (Å²) in [7, 11) is 0. The van der Waals surface area contributed by atoms with E-state index in [4.69, 9.17) is 18.9 Å². The molecule has 4 aromatic carbocycles. The van der Waals surface area contributed by atoms with Crippen LogP contribution in [0, 0.1) is 5.41 Å². The van der Waals surface area contributed by atoms with E-state index in [0.29, 0.717) is 0 Å². The van der Waals surface area contributed by atoms with E-state index in [1.165, 1.54) is 72.8 Å². The second kappa shape index (κ2) is 15.1. The highest BCUT2D eigenvalue weighted by Crippen LogP contribution is 2.28. The smallest absolute Gasteiger partial charge is 0.335 e. The molecule has 0 saturated carbocycles. The highest BCUT2D eigenvalue weighted by molar-refractivity contribution is 5.94. The number of ether oxygens (including phenoxy) is 4. The minimum Gasteiger partial charge on any atom is -0.493 e. The first-order valence-corrected chi connectivity index (χ1v) is 14.0. The van der Waals surface area contributed by atoms with Gasteiger partial charge in [0.25, 0.3) is 0 Å². The van der Waals surface area contributed by atoms with Crippen LogP contribution in [-0.2, 0) is 0 Å². The van der Waals surface area contributed by atoms with Crippen molar-refractivity contribution in [3.63, 3.8) is 0 Å². The molecule has 4 aromatic rings. The van der Waals surface area contributed by atoms with Crippen LogP contribution >= 0.6 is 0 Å². The maximum atomic E-state index is 11.7. The average Bonchev–Trinajstić information content (AvgIpc) is 3.07. The van der Waals surface area contributed by atoms with Gasteiger partial charge in [-0.25, -0.2) is 24.0 Å². The lowest BCUT2D eigenvalue weighted by Crippen LogP contribution is -2.45. The van der Waals surface area contributed by atoms with E-state index in [2.05, 4.69) is 0 Å². The van der Waals surface area contributed by atoms with Crippen molar-refractivity contribution in [1.29, 1.82) is 0 Å². The Bertz CT molecular complexity index is 1670. The van der Waals surface area contributed by atoms with E-state index in [1.54, 1.807) is 0 Å². The molecule has 0 spiro atoms. The van der Waals surface area contributed by atoms with Crippen LogP contribution in [0.3, 0.4) is 0 Å². The second-order valence-corrected chi connectivity index (χ2v) is 10.5. The van der Waals surface area contributed by atoms with Gasteiger partial charge in [-0.3, -0.25) is 0 Å². The molecule has 0 heterocycles. The molecule has 48 heavy (non-hydrogen) atoms. The molecule has 0 amide bonds. The Morgan fingerprint density at radius 1 is 0.396 bits per heavy atom. The molecule has 0 radical (unpaired) electrons. The van der Waals surface area contributed by atoms with Gasteiger partial charge in [0.1, 0.15) is 54.8 Å². The van der Waals surface area contributed by atoms with E-state index < -0.39 is 35.3 Å². The molecule has 0 bridgehead atoms. The first-order valence-electron chi connectivity index (χ1n) is 14.0. The lowest BCUT2D eigenvalue weighted by atomic mass is 9.91. The molecule has 0 unspecified atom stereocenters. The first-order chi connectivity index (χ1) is 22.8. The van der Waals surface area contributed by atoms with Crippen LogP contribution in [0.15, 0.2) is 91.0 Å². The number of carboxylic acid groups (broad SMARTS) is 5. The number of carboxylic acids is 5. The molecule has 5 N–H and O–H groups in total. The molecule has 0 fully saturated rings. The summed E-state index contributed by atoms with van der Waals surface area (Å²) in [5.74, 6) is -6.13. The summed E-state index contributed by atoms with van der Waals surface area (Å²) >= 11 is 0. The fraction of sp³-hybridized carbons (Fsp3) is 0.147. The highest BCUT2D eigenvalue weighted by Gasteiger charge is 2.36. The maximum Gasteiger partial charge on any atom is 0.335 e. The Labute approximate surface area is 271 Å². The predicted octanol–water partition coefficient (Wildman–Crippen LogP) is 4.78. The zero-order valence-corrected chi connectivity index (χ0v) is 24.9. The summed E-state index contributed by atoms with van der Waals surface area (Å²) in [5, 5.41) is 47.3. The van der Waals surface area contributed by atoms with Gasteiger partial charge < -0.3 is 44.5 Å². The van der Waals surface area contributed by atoms with Gasteiger partial charge in [-0.15, -0.1) is 0 Å². The number of aromatic carboxylic acids is 5. The van der Waals surface area contributed by atoms with Crippen LogP contribution in [0.1, 0.15) is 51.8 Å². The monoisotopic (exact) mass is 660 g/mol. The van der Waals surface area contributed by atoms with Gasteiger partial charge >= 0.3 is 29.8 Å². The number of rotatable bonds is 17. The third-order valence-corrected chi connectivity index (χ3v) is 6.82. The Morgan fingerprint density at radius 2 is 0.667 bits per heavy atom. The van der Waals surface area contributed by atoms with E-state index in [9.17, 15) is 49.5 Å². The van der Waals surface area contributed by atoms with Crippen molar-refractivity contribution in [2.24, 2.45) is 5.41 Å². The van der Waals surface area contributed by atoms with Crippen molar-refractivity contribution >= 4 is 29.8 Å². The Hall–Kier alpha value is -6.57. The molecule has 14 nitrogen and oxygen atoms in total. The Kier molecular flexibility index (Phi) is 10.8. The van der Waals surface area contributed by atoms with Crippen molar-refractivity contribution in [3.05, 3.63) is 119 Å². The molecule has 0 aromatic heterocycles. The van der Waals surface area contributed by atoms with Crippen molar-refractivity contribution in [2.45, 2.75) is 0 Å². The van der Waals surface area contributed by atoms with Crippen LogP contribution < -0.4 is 18.9 Å². The van der Waals surface area contributed by atoms with Crippen LogP contribution in [0.5, 0.6) is 23.0 Å². The minimum atomic E-state index is -1.40. The van der Waals surface area contributed by atoms with Crippen molar-refractivity contribution in [2.75, 3.05) is 26.4 Å². The number of carbonyl (C=O) groups is 5. The molecule has 0 saturated heterocycles. The van der Waals surface area contributed by atoms with Crippen molar-refractivity contribution in [3.8, 4) is 23.0 Å². The number of hydrogen-bond donors (Lipinski definition) is 5. The normalized spacial score (nSPS) is 10.8. The SMILES string of the molecule is O=C(O)c1cccc(OCC(COc2cccc(C(=O)O)c2)(COc2cccc(C(=O)O)c2)COc2cc(C(=O)O)cc(C(=O)O)c2)c1. The van der Waals surface area contributed by atoms with Gasteiger partial charge in [0, 0.05) is 0 Å². The van der Waals surface area contributed by atoms with Crippen LogP contribution in [-0.4, -0.2) is 81.8 Å². The second-order valence-electron chi connectivity index (χ2n) is 10.5. The number of hydrogen-bond acceptors (Lipinski definition) is 9. The maximum absolute atomic E-state index is 11.7. The molecule has 0 aliphatic carbocycles. The molecule has 14 heteroatoms. The molecule has 4 rings (SSSR count). The zero-order chi connectivity index (χ0) is 34.8. The van der Waals surface area contributed by atoms with Crippen molar-refractivity contribution < 1.29 is 68.5 Å². The van der Waals surface area contributed by atoms with E-state index in [1.807, 2.05) is 0 Å². The van der Waals surface area contributed by atoms with Crippen molar-refractivity contribution in [1.82, 2.24) is 0 Å². The Morgan fingerprint density at radius 3 is 0.958 bits per heavy atom. The molecule has 0 atom stereocenters. The summed E-state index contributed by atoms with van der Waals surface area (Å²) in [4.78, 5) is 58.1. The van der Waals surface area contributed by atoms with E-state index >= 15 is 0 Å². The fourth-order valence-corrected chi connectivity index (χ4v) is 4.28. The van der Waals surface area contributed by atoms with Gasteiger partial charge in [-0.05, 0) is 72.8 Å². The van der Waals surface area contributed by atoms with Crippen LogP contribution in [0.2, 0.25) is 0 Å².